The van der Waals surface area contributed by atoms with Crippen LogP contribution in [-0.4, -0.2) is 17.3 Å². The van der Waals surface area contributed by atoms with E-state index < -0.39 is 0 Å². The zero-order valence-electron chi connectivity index (χ0n) is 10.9. The van der Waals surface area contributed by atoms with Crippen LogP contribution in [-0.2, 0) is 0 Å². The standard InChI is InChI=1S/C16H18N2O/c17-11-16(6-3-7-16)9-15(19)13-8-12-4-1-2-5-14(12)18-10-13/h1-2,4-5,8,10H,3,6-7,9,11,17H2. The van der Waals surface area contributed by atoms with E-state index in [1.807, 2.05) is 30.3 Å². The Morgan fingerprint density at radius 3 is 2.79 bits per heavy atom. The van der Waals surface area contributed by atoms with Gasteiger partial charge in [0.25, 0.3) is 0 Å². The molecule has 0 atom stereocenters. The molecule has 2 aromatic rings. The van der Waals surface area contributed by atoms with E-state index in [9.17, 15) is 4.79 Å². The molecule has 2 N–H and O–H groups in total. The number of hydrogen-bond acceptors (Lipinski definition) is 3. The van der Waals surface area contributed by atoms with Crippen LogP contribution in [0.5, 0.6) is 0 Å². The summed E-state index contributed by atoms with van der Waals surface area (Å²) in [5.74, 6) is 0.170. The van der Waals surface area contributed by atoms with Crippen molar-refractivity contribution in [3.05, 3.63) is 42.1 Å². The molecule has 0 unspecified atom stereocenters. The summed E-state index contributed by atoms with van der Waals surface area (Å²) in [5, 5.41) is 1.02. The van der Waals surface area contributed by atoms with E-state index in [-0.39, 0.29) is 11.2 Å². The third-order valence-electron chi connectivity index (χ3n) is 4.30. The Morgan fingerprint density at radius 1 is 1.32 bits per heavy atom. The number of fused-ring (bicyclic) bond motifs is 1. The van der Waals surface area contributed by atoms with Gasteiger partial charge in [0.1, 0.15) is 0 Å². The second kappa shape index (κ2) is 4.74. The van der Waals surface area contributed by atoms with Crippen LogP contribution in [0.25, 0.3) is 10.9 Å². The number of benzene rings is 1. The van der Waals surface area contributed by atoms with Gasteiger partial charge in [-0.3, -0.25) is 9.78 Å². The molecule has 0 saturated heterocycles. The number of rotatable bonds is 4. The van der Waals surface area contributed by atoms with Gasteiger partial charge in [-0.15, -0.1) is 0 Å². The number of nitrogens with two attached hydrogens (primary N) is 1. The first-order valence-corrected chi connectivity index (χ1v) is 6.81. The first-order chi connectivity index (χ1) is 9.22. The molecule has 1 aliphatic carbocycles. The van der Waals surface area contributed by atoms with E-state index in [4.69, 9.17) is 5.73 Å². The molecule has 1 aromatic heterocycles. The summed E-state index contributed by atoms with van der Waals surface area (Å²) >= 11 is 0. The highest BCUT2D eigenvalue weighted by molar-refractivity contribution is 5.99. The average Bonchev–Trinajstić information content (AvgIpc) is 2.42. The van der Waals surface area contributed by atoms with E-state index in [1.165, 1.54) is 6.42 Å². The summed E-state index contributed by atoms with van der Waals surface area (Å²) in [6.45, 7) is 0.611. The van der Waals surface area contributed by atoms with E-state index in [0.717, 1.165) is 23.7 Å². The fourth-order valence-electron chi connectivity index (χ4n) is 2.80. The Kier molecular flexibility index (Phi) is 3.07. The zero-order chi connectivity index (χ0) is 13.3. The predicted octanol–water partition coefficient (Wildman–Crippen LogP) is 2.94. The Bertz CT molecular complexity index is 611. The van der Waals surface area contributed by atoms with Gasteiger partial charge in [0.05, 0.1) is 5.52 Å². The Balaban J connectivity index is 1.85. The number of para-hydroxylation sites is 1. The third kappa shape index (κ3) is 2.26. The van der Waals surface area contributed by atoms with E-state index >= 15 is 0 Å². The predicted molar refractivity (Wildman–Crippen MR) is 76.0 cm³/mol. The lowest BCUT2D eigenvalue weighted by atomic mass is 9.65. The number of ketones is 1. The maximum absolute atomic E-state index is 12.4. The van der Waals surface area contributed by atoms with Crippen molar-refractivity contribution in [3.63, 3.8) is 0 Å². The molecule has 3 heteroatoms. The maximum Gasteiger partial charge on any atom is 0.165 e. The maximum atomic E-state index is 12.4. The quantitative estimate of drug-likeness (QED) is 0.853. The van der Waals surface area contributed by atoms with Gasteiger partial charge in [-0.25, -0.2) is 0 Å². The first kappa shape index (κ1) is 12.3. The van der Waals surface area contributed by atoms with Crippen molar-refractivity contribution in [2.75, 3.05) is 6.54 Å². The van der Waals surface area contributed by atoms with Crippen molar-refractivity contribution >= 4 is 16.7 Å². The Morgan fingerprint density at radius 2 is 2.11 bits per heavy atom. The number of pyridine rings is 1. The minimum atomic E-state index is 0.0583. The number of nitrogens with zero attached hydrogens (tertiary/aromatic N) is 1. The van der Waals surface area contributed by atoms with Crippen LogP contribution in [0.15, 0.2) is 36.5 Å². The normalized spacial score (nSPS) is 17.1. The third-order valence-corrected chi connectivity index (χ3v) is 4.30. The highest BCUT2D eigenvalue weighted by atomic mass is 16.1. The number of carbonyl (C=O) groups excluding carboxylic acids is 1. The van der Waals surface area contributed by atoms with Gasteiger partial charge in [0.15, 0.2) is 5.78 Å². The molecule has 98 valence electrons. The topological polar surface area (TPSA) is 56.0 Å². The van der Waals surface area contributed by atoms with Crippen LogP contribution in [0.1, 0.15) is 36.0 Å². The van der Waals surface area contributed by atoms with Gasteiger partial charge >= 0.3 is 0 Å². The highest BCUT2D eigenvalue weighted by Crippen LogP contribution is 2.43. The summed E-state index contributed by atoms with van der Waals surface area (Å²) in [7, 11) is 0. The molecule has 0 aliphatic heterocycles. The highest BCUT2D eigenvalue weighted by Gasteiger charge is 2.37. The lowest BCUT2D eigenvalue weighted by molar-refractivity contribution is 0.0786. The average molecular weight is 254 g/mol. The van der Waals surface area contributed by atoms with Crippen LogP contribution in [0.3, 0.4) is 0 Å². The smallest absolute Gasteiger partial charge is 0.165 e. The second-order valence-corrected chi connectivity index (χ2v) is 5.57. The van der Waals surface area contributed by atoms with Crippen LogP contribution in [0, 0.1) is 5.41 Å². The molecule has 0 radical (unpaired) electrons. The monoisotopic (exact) mass is 254 g/mol. The molecule has 1 heterocycles. The van der Waals surface area contributed by atoms with E-state index in [2.05, 4.69) is 4.98 Å². The first-order valence-electron chi connectivity index (χ1n) is 6.81. The summed E-state index contributed by atoms with van der Waals surface area (Å²) in [4.78, 5) is 16.7. The van der Waals surface area contributed by atoms with Gasteiger partial charge in [0.2, 0.25) is 0 Å². The zero-order valence-corrected chi connectivity index (χ0v) is 10.9. The summed E-state index contributed by atoms with van der Waals surface area (Å²) in [6.07, 6.45) is 5.60. The van der Waals surface area contributed by atoms with Crippen LogP contribution < -0.4 is 5.73 Å². The largest absolute Gasteiger partial charge is 0.330 e. The van der Waals surface area contributed by atoms with Crippen molar-refractivity contribution in [2.45, 2.75) is 25.7 Å². The lowest BCUT2D eigenvalue weighted by Gasteiger charge is -2.40. The SMILES string of the molecule is NCC1(CC(=O)c2cnc3ccccc3c2)CCC1. The molecule has 1 saturated carbocycles. The summed E-state index contributed by atoms with van der Waals surface area (Å²) < 4.78 is 0. The Labute approximate surface area is 112 Å². The fraction of sp³-hybridized carbons (Fsp3) is 0.375. The number of carbonyl (C=O) groups is 1. The molecule has 0 bridgehead atoms. The lowest BCUT2D eigenvalue weighted by Crippen LogP contribution is -2.39. The number of aromatic nitrogens is 1. The van der Waals surface area contributed by atoms with Crippen molar-refractivity contribution in [2.24, 2.45) is 11.1 Å². The minimum absolute atomic E-state index is 0.0583. The minimum Gasteiger partial charge on any atom is -0.330 e. The van der Waals surface area contributed by atoms with Crippen molar-refractivity contribution in [1.82, 2.24) is 4.98 Å². The van der Waals surface area contributed by atoms with Crippen LogP contribution in [0.4, 0.5) is 0 Å². The molecule has 1 aliphatic rings. The van der Waals surface area contributed by atoms with E-state index in [0.29, 0.717) is 18.5 Å². The molecular weight excluding hydrogens is 236 g/mol. The van der Waals surface area contributed by atoms with Gasteiger partial charge in [0, 0.05) is 23.6 Å². The fourth-order valence-corrected chi connectivity index (χ4v) is 2.80. The van der Waals surface area contributed by atoms with Crippen molar-refractivity contribution < 1.29 is 4.79 Å². The van der Waals surface area contributed by atoms with Crippen LogP contribution >= 0.6 is 0 Å². The molecule has 3 rings (SSSR count). The van der Waals surface area contributed by atoms with Gasteiger partial charge in [-0.05, 0) is 36.9 Å². The molecule has 0 spiro atoms. The molecule has 1 aromatic carbocycles. The summed E-state index contributed by atoms with van der Waals surface area (Å²) in [5.41, 5.74) is 7.51. The molecular formula is C16H18N2O. The molecule has 0 amide bonds. The number of hydrogen-bond donors (Lipinski definition) is 1. The van der Waals surface area contributed by atoms with Gasteiger partial charge in [-0.1, -0.05) is 24.6 Å². The number of Topliss-reactive ketones (excluding diaryl/α,β-unsaturated/α-hetero) is 1. The molecule has 19 heavy (non-hydrogen) atoms. The Hall–Kier alpha value is -1.74. The van der Waals surface area contributed by atoms with E-state index in [1.54, 1.807) is 6.20 Å². The molecule has 1 fully saturated rings. The second-order valence-electron chi connectivity index (χ2n) is 5.57. The molecule has 3 nitrogen and oxygen atoms in total. The van der Waals surface area contributed by atoms with Crippen molar-refractivity contribution in [3.8, 4) is 0 Å². The van der Waals surface area contributed by atoms with Crippen LogP contribution in [0.2, 0.25) is 0 Å². The summed E-state index contributed by atoms with van der Waals surface area (Å²) in [6, 6.07) is 9.80. The van der Waals surface area contributed by atoms with Crippen molar-refractivity contribution in [1.29, 1.82) is 0 Å². The van der Waals surface area contributed by atoms with Gasteiger partial charge < -0.3 is 5.73 Å². The van der Waals surface area contributed by atoms with Gasteiger partial charge in [-0.2, -0.15) is 0 Å².